The van der Waals surface area contributed by atoms with Gasteiger partial charge < -0.3 is 10.6 Å². The Morgan fingerprint density at radius 2 is 1.90 bits per heavy atom. The summed E-state index contributed by atoms with van der Waals surface area (Å²) in [5.74, 6) is -2.13. The summed E-state index contributed by atoms with van der Waals surface area (Å²) in [6.45, 7) is 7.21. The van der Waals surface area contributed by atoms with Gasteiger partial charge in [0.15, 0.2) is 0 Å². The van der Waals surface area contributed by atoms with Crippen molar-refractivity contribution >= 4 is 11.6 Å². The zero-order chi connectivity index (χ0) is 15.6. The minimum atomic E-state index is -0.891. The molecule has 0 aromatic heterocycles. The molecule has 1 aromatic carbocycles. The van der Waals surface area contributed by atoms with E-state index in [2.05, 4.69) is 18.7 Å². The topological polar surface area (TPSA) is 49.6 Å². The quantitative estimate of drug-likeness (QED) is 0.866. The molecule has 1 aliphatic heterocycles. The molecular weight excluding hydrogens is 276 g/mol. The number of rotatable bonds is 4. The molecule has 6 heteroatoms. The first-order chi connectivity index (χ1) is 9.97. The minimum absolute atomic E-state index is 0.0133. The van der Waals surface area contributed by atoms with Crippen molar-refractivity contribution in [3.8, 4) is 0 Å². The maximum absolute atomic E-state index is 13.5. The highest BCUT2D eigenvalue weighted by molar-refractivity contribution is 5.94. The second kappa shape index (κ2) is 6.39. The van der Waals surface area contributed by atoms with Gasteiger partial charge in [-0.2, -0.15) is 0 Å². The molecule has 1 amide bonds. The maximum Gasteiger partial charge on any atom is 0.254 e. The van der Waals surface area contributed by atoms with E-state index in [1.54, 1.807) is 4.90 Å². The number of amides is 1. The Labute approximate surface area is 123 Å². The lowest BCUT2D eigenvalue weighted by molar-refractivity contribution is 0.0777. The molecule has 1 aliphatic rings. The van der Waals surface area contributed by atoms with Gasteiger partial charge in [-0.15, -0.1) is 0 Å². The molecule has 4 nitrogen and oxygen atoms in total. The minimum Gasteiger partial charge on any atom is -0.394 e. The van der Waals surface area contributed by atoms with Crippen LogP contribution < -0.4 is 5.73 Å². The fourth-order valence-corrected chi connectivity index (χ4v) is 2.85. The molecular formula is C15H21F2N3O. The van der Waals surface area contributed by atoms with E-state index in [4.69, 9.17) is 5.73 Å². The van der Waals surface area contributed by atoms with Crippen LogP contribution in [0.25, 0.3) is 0 Å². The van der Waals surface area contributed by atoms with E-state index in [9.17, 15) is 13.6 Å². The SMILES string of the molecule is CCN(CC)C1CCN(C(=O)c2cc(F)c(N)c(F)c2)C1. The number of hydrogen-bond acceptors (Lipinski definition) is 3. The van der Waals surface area contributed by atoms with Crippen LogP contribution in [-0.4, -0.2) is 47.9 Å². The number of benzene rings is 1. The van der Waals surface area contributed by atoms with Gasteiger partial charge in [-0.1, -0.05) is 13.8 Å². The predicted octanol–water partition coefficient (Wildman–Crippen LogP) is 2.10. The molecule has 0 bridgehead atoms. The van der Waals surface area contributed by atoms with Crippen molar-refractivity contribution in [3.63, 3.8) is 0 Å². The summed E-state index contributed by atoms with van der Waals surface area (Å²) in [6.07, 6.45) is 0.882. The van der Waals surface area contributed by atoms with Crippen LogP contribution in [0, 0.1) is 11.6 Å². The van der Waals surface area contributed by atoms with Crippen molar-refractivity contribution in [2.75, 3.05) is 31.9 Å². The number of halogens is 2. The normalized spacial score (nSPS) is 18.5. The molecule has 116 valence electrons. The van der Waals surface area contributed by atoms with Crippen LogP contribution in [0.5, 0.6) is 0 Å². The smallest absolute Gasteiger partial charge is 0.254 e. The summed E-state index contributed by atoms with van der Waals surface area (Å²) in [6, 6.07) is 2.32. The number of likely N-dealkylation sites (N-methyl/N-ethyl adjacent to an activating group) is 1. The van der Waals surface area contributed by atoms with Crippen molar-refractivity contribution in [1.29, 1.82) is 0 Å². The zero-order valence-corrected chi connectivity index (χ0v) is 12.4. The predicted molar refractivity (Wildman–Crippen MR) is 78.0 cm³/mol. The molecule has 1 unspecified atom stereocenters. The second-order valence-electron chi connectivity index (χ2n) is 5.27. The van der Waals surface area contributed by atoms with Gasteiger partial charge in [-0.05, 0) is 31.6 Å². The Morgan fingerprint density at radius 1 is 1.33 bits per heavy atom. The van der Waals surface area contributed by atoms with Gasteiger partial charge in [0, 0.05) is 24.7 Å². The number of nitrogens with zero attached hydrogens (tertiary/aromatic N) is 2. The standard InChI is InChI=1S/C15H21F2N3O/c1-3-19(4-2)11-5-6-20(9-11)15(21)10-7-12(16)14(18)13(17)8-10/h7-8,11H,3-6,9,18H2,1-2H3. The average Bonchev–Trinajstić information content (AvgIpc) is 2.94. The van der Waals surface area contributed by atoms with Crippen molar-refractivity contribution in [3.05, 3.63) is 29.3 Å². The summed E-state index contributed by atoms with van der Waals surface area (Å²) >= 11 is 0. The molecule has 1 heterocycles. The number of carbonyl (C=O) groups excluding carboxylic acids is 1. The molecule has 1 saturated heterocycles. The van der Waals surface area contributed by atoms with E-state index in [0.29, 0.717) is 19.1 Å². The molecule has 21 heavy (non-hydrogen) atoms. The third-order valence-electron chi connectivity index (χ3n) is 4.11. The van der Waals surface area contributed by atoms with Gasteiger partial charge in [0.2, 0.25) is 0 Å². The van der Waals surface area contributed by atoms with Gasteiger partial charge in [-0.3, -0.25) is 9.69 Å². The van der Waals surface area contributed by atoms with Gasteiger partial charge in [-0.25, -0.2) is 8.78 Å². The van der Waals surface area contributed by atoms with E-state index < -0.39 is 17.3 Å². The maximum atomic E-state index is 13.5. The summed E-state index contributed by atoms with van der Waals surface area (Å²) < 4.78 is 26.9. The van der Waals surface area contributed by atoms with E-state index >= 15 is 0 Å². The molecule has 0 saturated carbocycles. The molecule has 1 aromatic rings. The Morgan fingerprint density at radius 3 is 2.43 bits per heavy atom. The fourth-order valence-electron chi connectivity index (χ4n) is 2.85. The van der Waals surface area contributed by atoms with Crippen LogP contribution in [0.2, 0.25) is 0 Å². The molecule has 0 aliphatic carbocycles. The van der Waals surface area contributed by atoms with E-state index in [0.717, 1.165) is 31.6 Å². The van der Waals surface area contributed by atoms with Crippen molar-refractivity contribution in [2.45, 2.75) is 26.3 Å². The Hall–Kier alpha value is -1.69. The highest BCUT2D eigenvalue weighted by Crippen LogP contribution is 2.21. The second-order valence-corrected chi connectivity index (χ2v) is 5.27. The summed E-state index contributed by atoms with van der Waals surface area (Å²) in [5, 5.41) is 0. The summed E-state index contributed by atoms with van der Waals surface area (Å²) in [4.78, 5) is 16.3. The van der Waals surface area contributed by atoms with E-state index in [1.807, 2.05) is 0 Å². The molecule has 2 N–H and O–H groups in total. The van der Waals surface area contributed by atoms with Gasteiger partial charge in [0.1, 0.15) is 17.3 Å². The van der Waals surface area contributed by atoms with Gasteiger partial charge in [0.05, 0.1) is 0 Å². The average molecular weight is 297 g/mol. The van der Waals surface area contributed by atoms with Crippen LogP contribution in [0.4, 0.5) is 14.5 Å². The van der Waals surface area contributed by atoms with Gasteiger partial charge >= 0.3 is 0 Å². The number of carbonyl (C=O) groups is 1. The van der Waals surface area contributed by atoms with Gasteiger partial charge in [0.25, 0.3) is 5.91 Å². The highest BCUT2D eigenvalue weighted by Gasteiger charge is 2.30. The molecule has 1 fully saturated rings. The van der Waals surface area contributed by atoms with Crippen LogP contribution in [0.15, 0.2) is 12.1 Å². The van der Waals surface area contributed by atoms with Crippen LogP contribution in [0.3, 0.4) is 0 Å². The lowest BCUT2D eigenvalue weighted by Crippen LogP contribution is -2.38. The first-order valence-electron chi connectivity index (χ1n) is 7.25. The van der Waals surface area contributed by atoms with Crippen molar-refractivity contribution < 1.29 is 13.6 Å². The van der Waals surface area contributed by atoms with Crippen molar-refractivity contribution in [1.82, 2.24) is 9.80 Å². The van der Waals surface area contributed by atoms with Crippen LogP contribution in [-0.2, 0) is 0 Å². The summed E-state index contributed by atoms with van der Waals surface area (Å²) in [7, 11) is 0. The Kier molecular flexibility index (Phi) is 4.77. The number of anilines is 1. The summed E-state index contributed by atoms with van der Waals surface area (Å²) in [5.41, 5.74) is 4.69. The molecule has 0 radical (unpaired) electrons. The molecule has 0 spiro atoms. The highest BCUT2D eigenvalue weighted by atomic mass is 19.1. The van der Waals surface area contributed by atoms with E-state index in [-0.39, 0.29) is 11.5 Å². The number of likely N-dealkylation sites (tertiary alicyclic amines) is 1. The first-order valence-corrected chi connectivity index (χ1v) is 7.25. The number of nitrogen functional groups attached to an aromatic ring is 1. The largest absolute Gasteiger partial charge is 0.394 e. The van der Waals surface area contributed by atoms with Crippen LogP contribution in [0.1, 0.15) is 30.6 Å². The third kappa shape index (κ3) is 3.15. The number of nitrogens with two attached hydrogens (primary N) is 1. The first kappa shape index (κ1) is 15.7. The lowest BCUT2D eigenvalue weighted by atomic mass is 10.1. The monoisotopic (exact) mass is 297 g/mol. The Balaban J connectivity index is 2.12. The third-order valence-corrected chi connectivity index (χ3v) is 4.11. The van der Waals surface area contributed by atoms with E-state index in [1.165, 1.54) is 0 Å². The number of hydrogen-bond donors (Lipinski definition) is 1. The fraction of sp³-hybridized carbons (Fsp3) is 0.533. The molecule has 2 rings (SSSR count). The van der Waals surface area contributed by atoms with Crippen LogP contribution >= 0.6 is 0 Å². The molecule has 1 atom stereocenters. The zero-order valence-electron chi connectivity index (χ0n) is 12.4. The Bertz CT molecular complexity index is 509. The lowest BCUT2D eigenvalue weighted by Gasteiger charge is -2.26. The van der Waals surface area contributed by atoms with Crippen molar-refractivity contribution in [2.24, 2.45) is 0 Å².